The molecule has 1 aliphatic heterocycles. The van der Waals surface area contributed by atoms with E-state index in [9.17, 15) is 9.59 Å². The summed E-state index contributed by atoms with van der Waals surface area (Å²) in [4.78, 5) is 26.9. The molecule has 2 amide bonds. The molecule has 0 bridgehead atoms. The Balaban J connectivity index is 1.81. The average Bonchev–Trinajstić information content (AvgIpc) is 2.97. The molecule has 1 saturated heterocycles. The minimum absolute atomic E-state index is 0.0737. The summed E-state index contributed by atoms with van der Waals surface area (Å²) in [7, 11) is 0. The molecule has 1 heterocycles. The molecule has 1 fully saturated rings. The lowest BCUT2D eigenvalue weighted by molar-refractivity contribution is -0.123. The monoisotopic (exact) mass is 489 g/mol. The molecule has 3 rings (SSSR count). The first-order chi connectivity index (χ1) is 14.4. The van der Waals surface area contributed by atoms with Crippen molar-refractivity contribution in [3.05, 3.63) is 63.0 Å². The number of ether oxygens (including phenoxy) is 2. The van der Waals surface area contributed by atoms with E-state index < -0.39 is 0 Å². The van der Waals surface area contributed by atoms with E-state index in [-0.39, 0.29) is 23.8 Å². The van der Waals surface area contributed by atoms with E-state index in [4.69, 9.17) is 9.47 Å². The molecule has 7 heteroatoms. The smallest absolute Gasteiger partial charge is 0.293 e. The first kappa shape index (κ1) is 22.4. The highest BCUT2D eigenvalue weighted by Gasteiger charge is 2.35. The molecular weight excluding hydrogens is 466 g/mol. The second-order valence-corrected chi connectivity index (χ2v) is 8.78. The van der Waals surface area contributed by atoms with Crippen LogP contribution >= 0.6 is 27.7 Å². The van der Waals surface area contributed by atoms with Gasteiger partial charge in [0.1, 0.15) is 0 Å². The van der Waals surface area contributed by atoms with Crippen LogP contribution in [0.1, 0.15) is 38.3 Å². The van der Waals surface area contributed by atoms with Gasteiger partial charge in [0.2, 0.25) is 0 Å². The second kappa shape index (κ2) is 10.2. The van der Waals surface area contributed by atoms with Gasteiger partial charge in [-0.25, -0.2) is 0 Å². The van der Waals surface area contributed by atoms with Crippen molar-refractivity contribution in [2.75, 3.05) is 6.61 Å². The maximum atomic E-state index is 12.8. The van der Waals surface area contributed by atoms with Gasteiger partial charge in [-0.2, -0.15) is 0 Å². The SMILES string of the molecule is CCOc1cc(/C=C2/SC(=O)N(Cc3cccc(Br)c3)C2=O)ccc1O[C@@H](C)CC. The zero-order valence-corrected chi connectivity index (χ0v) is 19.6. The summed E-state index contributed by atoms with van der Waals surface area (Å²) in [6.07, 6.45) is 2.68. The Morgan fingerprint density at radius 1 is 1.13 bits per heavy atom. The van der Waals surface area contributed by atoms with Crippen LogP contribution in [0.25, 0.3) is 6.08 Å². The minimum Gasteiger partial charge on any atom is -0.490 e. The zero-order valence-electron chi connectivity index (χ0n) is 17.2. The molecule has 0 aromatic heterocycles. The molecule has 5 nitrogen and oxygen atoms in total. The lowest BCUT2D eigenvalue weighted by Gasteiger charge is -2.16. The van der Waals surface area contributed by atoms with Crippen LogP contribution in [0.5, 0.6) is 11.5 Å². The average molecular weight is 490 g/mol. The number of rotatable bonds is 8. The van der Waals surface area contributed by atoms with Gasteiger partial charge in [0, 0.05) is 4.47 Å². The third kappa shape index (κ3) is 5.46. The lowest BCUT2D eigenvalue weighted by atomic mass is 10.1. The van der Waals surface area contributed by atoms with Crippen molar-refractivity contribution < 1.29 is 19.1 Å². The zero-order chi connectivity index (χ0) is 21.7. The summed E-state index contributed by atoms with van der Waals surface area (Å²) in [5.74, 6) is 1.01. The Kier molecular flexibility index (Phi) is 7.61. The summed E-state index contributed by atoms with van der Waals surface area (Å²) < 4.78 is 12.5. The van der Waals surface area contributed by atoms with E-state index in [1.807, 2.05) is 56.3 Å². The predicted octanol–water partition coefficient (Wildman–Crippen LogP) is 6.26. The number of nitrogens with zero attached hydrogens (tertiary/aromatic N) is 1. The summed E-state index contributed by atoms with van der Waals surface area (Å²) >= 11 is 4.37. The molecule has 0 spiro atoms. The fraction of sp³-hybridized carbons (Fsp3) is 0.304. The Morgan fingerprint density at radius 3 is 2.63 bits per heavy atom. The van der Waals surface area contributed by atoms with Gasteiger partial charge < -0.3 is 9.47 Å². The molecule has 2 aromatic rings. The molecule has 158 valence electrons. The van der Waals surface area contributed by atoms with Crippen molar-refractivity contribution in [3.63, 3.8) is 0 Å². The number of halogens is 1. The van der Waals surface area contributed by atoms with E-state index in [0.717, 1.165) is 33.8 Å². The first-order valence-corrected chi connectivity index (χ1v) is 11.5. The Bertz CT molecular complexity index is 975. The van der Waals surface area contributed by atoms with E-state index >= 15 is 0 Å². The lowest BCUT2D eigenvalue weighted by Crippen LogP contribution is -2.27. The van der Waals surface area contributed by atoms with Gasteiger partial charge in [0.15, 0.2) is 11.5 Å². The Morgan fingerprint density at radius 2 is 1.93 bits per heavy atom. The van der Waals surface area contributed by atoms with E-state index in [0.29, 0.717) is 23.0 Å². The number of benzene rings is 2. The molecule has 0 radical (unpaired) electrons. The highest BCUT2D eigenvalue weighted by Crippen LogP contribution is 2.36. The summed E-state index contributed by atoms with van der Waals surface area (Å²) in [6.45, 7) is 6.72. The maximum absolute atomic E-state index is 12.8. The fourth-order valence-corrected chi connectivity index (χ4v) is 4.17. The van der Waals surface area contributed by atoms with Gasteiger partial charge in [-0.1, -0.05) is 41.1 Å². The van der Waals surface area contributed by atoms with Crippen molar-refractivity contribution in [2.45, 2.75) is 39.8 Å². The van der Waals surface area contributed by atoms with Crippen LogP contribution in [0, 0.1) is 0 Å². The highest BCUT2D eigenvalue weighted by atomic mass is 79.9. The number of imide groups is 1. The van der Waals surface area contributed by atoms with Crippen LogP contribution in [0.3, 0.4) is 0 Å². The van der Waals surface area contributed by atoms with Crippen LogP contribution in [0.2, 0.25) is 0 Å². The maximum Gasteiger partial charge on any atom is 0.293 e. The molecule has 0 N–H and O–H groups in total. The number of carbonyl (C=O) groups is 2. The van der Waals surface area contributed by atoms with Crippen molar-refractivity contribution in [1.82, 2.24) is 4.90 Å². The fourth-order valence-electron chi connectivity index (χ4n) is 2.89. The van der Waals surface area contributed by atoms with Gasteiger partial charge in [-0.05, 0) is 73.5 Å². The molecule has 0 saturated carbocycles. The largest absolute Gasteiger partial charge is 0.490 e. The van der Waals surface area contributed by atoms with Gasteiger partial charge in [-0.15, -0.1) is 0 Å². The van der Waals surface area contributed by atoms with Gasteiger partial charge in [0.25, 0.3) is 11.1 Å². The van der Waals surface area contributed by atoms with E-state index in [2.05, 4.69) is 22.9 Å². The highest BCUT2D eigenvalue weighted by molar-refractivity contribution is 9.10. The number of hydrogen-bond donors (Lipinski definition) is 0. The first-order valence-electron chi connectivity index (χ1n) is 9.84. The molecule has 1 aliphatic rings. The van der Waals surface area contributed by atoms with Crippen LogP contribution in [-0.4, -0.2) is 28.8 Å². The Hall–Kier alpha value is -2.25. The molecule has 0 aliphatic carbocycles. The predicted molar refractivity (Wildman–Crippen MR) is 124 cm³/mol. The van der Waals surface area contributed by atoms with Crippen LogP contribution < -0.4 is 9.47 Å². The normalized spacial score (nSPS) is 16.3. The topological polar surface area (TPSA) is 55.8 Å². The van der Waals surface area contributed by atoms with Crippen molar-refractivity contribution in [1.29, 1.82) is 0 Å². The van der Waals surface area contributed by atoms with Gasteiger partial charge in [-0.3, -0.25) is 14.5 Å². The minimum atomic E-state index is -0.289. The molecule has 0 unspecified atom stereocenters. The third-order valence-corrected chi connectivity index (χ3v) is 5.97. The summed E-state index contributed by atoms with van der Waals surface area (Å²) in [5.41, 5.74) is 1.67. The van der Waals surface area contributed by atoms with E-state index in [1.54, 1.807) is 6.08 Å². The van der Waals surface area contributed by atoms with Gasteiger partial charge >= 0.3 is 0 Å². The number of hydrogen-bond acceptors (Lipinski definition) is 5. The van der Waals surface area contributed by atoms with Crippen LogP contribution in [0.4, 0.5) is 4.79 Å². The number of carbonyl (C=O) groups excluding carboxylic acids is 2. The number of amides is 2. The van der Waals surface area contributed by atoms with Crippen molar-refractivity contribution in [3.8, 4) is 11.5 Å². The summed E-state index contributed by atoms with van der Waals surface area (Å²) in [5, 5.41) is -0.270. The number of thioether (sulfide) groups is 1. The quantitative estimate of drug-likeness (QED) is 0.409. The molecule has 1 atom stereocenters. The Labute approximate surface area is 189 Å². The molecule has 2 aromatic carbocycles. The van der Waals surface area contributed by atoms with Crippen LogP contribution in [-0.2, 0) is 11.3 Å². The molecular formula is C23H24BrNO4S. The third-order valence-electron chi connectivity index (χ3n) is 4.57. The second-order valence-electron chi connectivity index (χ2n) is 6.87. The van der Waals surface area contributed by atoms with Crippen molar-refractivity contribution in [2.24, 2.45) is 0 Å². The summed E-state index contributed by atoms with van der Waals surface area (Å²) in [6, 6.07) is 13.1. The van der Waals surface area contributed by atoms with Crippen LogP contribution in [0.15, 0.2) is 51.8 Å². The standard InChI is InChI=1S/C23H24BrNO4S/c1-4-15(3)29-19-10-9-16(12-20(19)28-5-2)13-21-22(26)25(23(27)30-21)14-17-7-6-8-18(24)11-17/h6-13,15H,4-5,14H2,1-3H3/b21-13+/t15-/m0/s1. The van der Waals surface area contributed by atoms with Crippen molar-refractivity contribution >= 4 is 44.9 Å². The van der Waals surface area contributed by atoms with Gasteiger partial charge in [0.05, 0.1) is 24.2 Å². The molecule has 30 heavy (non-hydrogen) atoms. The van der Waals surface area contributed by atoms with E-state index in [1.165, 1.54) is 4.90 Å².